The standard InChI is InChI=1S/C20H25BrN2O/c1-20(2,22-13-4-5-14-22)23(17-11-9-16(21)10-12-17)18-7-6-8-19(15-18)24-3/h6-12,15H,4-5,13-14H2,1-3H3. The average Bonchev–Trinajstić information content (AvgIpc) is 3.12. The van der Waals surface area contributed by atoms with Gasteiger partial charge in [-0.1, -0.05) is 22.0 Å². The van der Waals surface area contributed by atoms with Gasteiger partial charge in [-0.05, 0) is 63.1 Å². The van der Waals surface area contributed by atoms with Crippen LogP contribution in [0, 0.1) is 0 Å². The third-order valence-corrected chi connectivity index (χ3v) is 5.35. The van der Waals surface area contributed by atoms with Crippen LogP contribution < -0.4 is 9.64 Å². The van der Waals surface area contributed by atoms with Crippen molar-refractivity contribution in [3.63, 3.8) is 0 Å². The highest BCUT2D eigenvalue weighted by Crippen LogP contribution is 2.38. The summed E-state index contributed by atoms with van der Waals surface area (Å²) in [6.07, 6.45) is 2.55. The lowest BCUT2D eigenvalue weighted by Crippen LogP contribution is -2.54. The lowest BCUT2D eigenvalue weighted by atomic mass is 10.1. The molecule has 0 spiro atoms. The van der Waals surface area contributed by atoms with E-state index in [4.69, 9.17) is 4.74 Å². The summed E-state index contributed by atoms with van der Waals surface area (Å²) in [7, 11) is 1.72. The molecule has 3 rings (SSSR count). The number of ether oxygens (including phenoxy) is 1. The smallest absolute Gasteiger partial charge is 0.120 e. The Morgan fingerprint density at radius 3 is 2.29 bits per heavy atom. The molecule has 0 saturated carbocycles. The molecule has 0 aliphatic carbocycles. The number of methoxy groups -OCH3 is 1. The monoisotopic (exact) mass is 388 g/mol. The van der Waals surface area contributed by atoms with Crippen LogP contribution in [0.2, 0.25) is 0 Å². The summed E-state index contributed by atoms with van der Waals surface area (Å²) in [5.41, 5.74) is 2.22. The molecule has 1 heterocycles. The fourth-order valence-electron chi connectivity index (χ4n) is 3.53. The van der Waals surface area contributed by atoms with Crippen molar-refractivity contribution in [2.24, 2.45) is 0 Å². The number of rotatable bonds is 5. The highest BCUT2D eigenvalue weighted by Gasteiger charge is 2.36. The molecule has 1 aliphatic rings. The molecular formula is C20H25BrN2O. The van der Waals surface area contributed by atoms with Crippen LogP contribution >= 0.6 is 15.9 Å². The lowest BCUT2D eigenvalue weighted by Gasteiger charge is -2.46. The first kappa shape index (κ1) is 17.3. The predicted molar refractivity (Wildman–Crippen MR) is 104 cm³/mol. The molecule has 0 amide bonds. The number of hydrogen-bond donors (Lipinski definition) is 0. The molecule has 4 heteroatoms. The van der Waals surface area contributed by atoms with E-state index in [0.29, 0.717) is 0 Å². The zero-order valence-electron chi connectivity index (χ0n) is 14.6. The van der Waals surface area contributed by atoms with E-state index in [1.165, 1.54) is 18.5 Å². The van der Waals surface area contributed by atoms with Crippen molar-refractivity contribution in [1.82, 2.24) is 4.90 Å². The number of nitrogens with zero attached hydrogens (tertiary/aromatic N) is 2. The first-order chi connectivity index (χ1) is 11.5. The first-order valence-corrected chi connectivity index (χ1v) is 9.26. The maximum atomic E-state index is 5.45. The Balaban J connectivity index is 2.07. The second-order valence-electron chi connectivity index (χ2n) is 6.70. The molecular weight excluding hydrogens is 364 g/mol. The van der Waals surface area contributed by atoms with E-state index in [9.17, 15) is 0 Å². The van der Waals surface area contributed by atoms with Gasteiger partial charge in [-0.3, -0.25) is 4.90 Å². The summed E-state index contributed by atoms with van der Waals surface area (Å²) in [5.74, 6) is 0.881. The minimum atomic E-state index is -0.114. The zero-order chi connectivity index (χ0) is 17.2. The Morgan fingerprint density at radius 1 is 1.00 bits per heavy atom. The second-order valence-corrected chi connectivity index (χ2v) is 7.62. The van der Waals surface area contributed by atoms with E-state index in [1.807, 2.05) is 6.07 Å². The third-order valence-electron chi connectivity index (χ3n) is 4.82. The van der Waals surface area contributed by atoms with Crippen molar-refractivity contribution < 1.29 is 4.74 Å². The topological polar surface area (TPSA) is 15.7 Å². The number of benzene rings is 2. The summed E-state index contributed by atoms with van der Waals surface area (Å²) >= 11 is 3.54. The van der Waals surface area contributed by atoms with Crippen molar-refractivity contribution in [2.75, 3.05) is 25.1 Å². The van der Waals surface area contributed by atoms with Gasteiger partial charge in [0.15, 0.2) is 0 Å². The molecule has 0 radical (unpaired) electrons. The molecule has 1 aliphatic heterocycles. The summed E-state index contributed by atoms with van der Waals surface area (Å²) in [6, 6.07) is 16.8. The van der Waals surface area contributed by atoms with Crippen LogP contribution in [0.1, 0.15) is 26.7 Å². The minimum Gasteiger partial charge on any atom is -0.497 e. The van der Waals surface area contributed by atoms with Crippen molar-refractivity contribution >= 4 is 27.3 Å². The molecule has 0 unspecified atom stereocenters. The quantitative estimate of drug-likeness (QED) is 0.679. The fourth-order valence-corrected chi connectivity index (χ4v) is 3.79. The van der Waals surface area contributed by atoms with Gasteiger partial charge < -0.3 is 9.64 Å². The molecule has 128 valence electrons. The number of likely N-dealkylation sites (tertiary alicyclic amines) is 1. The average molecular weight is 389 g/mol. The molecule has 2 aromatic rings. The SMILES string of the molecule is COc1cccc(N(c2ccc(Br)cc2)C(C)(C)N2CCCC2)c1. The number of halogens is 1. The molecule has 3 nitrogen and oxygen atoms in total. The van der Waals surface area contributed by atoms with Crippen molar-refractivity contribution in [3.05, 3.63) is 53.0 Å². The fraction of sp³-hybridized carbons (Fsp3) is 0.400. The minimum absolute atomic E-state index is 0.114. The van der Waals surface area contributed by atoms with E-state index in [-0.39, 0.29) is 5.66 Å². The Hall–Kier alpha value is -1.52. The molecule has 0 bridgehead atoms. The van der Waals surface area contributed by atoms with Crippen molar-refractivity contribution in [2.45, 2.75) is 32.4 Å². The van der Waals surface area contributed by atoms with Gasteiger partial charge in [-0.25, -0.2) is 0 Å². The molecule has 24 heavy (non-hydrogen) atoms. The van der Waals surface area contributed by atoms with Gasteiger partial charge in [-0.15, -0.1) is 0 Å². The van der Waals surface area contributed by atoms with Crippen LogP contribution in [0.15, 0.2) is 53.0 Å². The summed E-state index contributed by atoms with van der Waals surface area (Å²) < 4.78 is 6.54. The van der Waals surface area contributed by atoms with Gasteiger partial charge in [0.05, 0.1) is 12.8 Å². The van der Waals surface area contributed by atoms with E-state index in [0.717, 1.165) is 29.0 Å². The number of hydrogen-bond acceptors (Lipinski definition) is 3. The first-order valence-electron chi connectivity index (χ1n) is 8.47. The largest absolute Gasteiger partial charge is 0.497 e. The second kappa shape index (κ2) is 7.16. The maximum absolute atomic E-state index is 5.45. The van der Waals surface area contributed by atoms with Gasteiger partial charge in [0.1, 0.15) is 5.75 Å². The van der Waals surface area contributed by atoms with E-state index < -0.39 is 0 Å². The molecule has 0 N–H and O–H groups in total. The van der Waals surface area contributed by atoms with Gasteiger partial charge in [0.2, 0.25) is 0 Å². The third kappa shape index (κ3) is 3.45. The van der Waals surface area contributed by atoms with Gasteiger partial charge in [0.25, 0.3) is 0 Å². The highest BCUT2D eigenvalue weighted by molar-refractivity contribution is 9.10. The van der Waals surface area contributed by atoms with Gasteiger partial charge in [0, 0.05) is 35.0 Å². The Kier molecular flexibility index (Phi) is 5.16. The maximum Gasteiger partial charge on any atom is 0.120 e. The highest BCUT2D eigenvalue weighted by atomic mass is 79.9. The van der Waals surface area contributed by atoms with Crippen LogP contribution in [0.4, 0.5) is 11.4 Å². The molecule has 0 aromatic heterocycles. The van der Waals surface area contributed by atoms with E-state index in [1.54, 1.807) is 7.11 Å². The molecule has 2 aromatic carbocycles. The summed E-state index contributed by atoms with van der Waals surface area (Å²) in [4.78, 5) is 4.97. The van der Waals surface area contributed by atoms with Crippen LogP contribution in [0.5, 0.6) is 5.75 Å². The van der Waals surface area contributed by atoms with Crippen LogP contribution in [0.25, 0.3) is 0 Å². The van der Waals surface area contributed by atoms with Crippen LogP contribution in [-0.2, 0) is 0 Å². The van der Waals surface area contributed by atoms with E-state index >= 15 is 0 Å². The molecule has 0 atom stereocenters. The lowest BCUT2D eigenvalue weighted by molar-refractivity contribution is 0.161. The Bertz CT molecular complexity index is 678. The van der Waals surface area contributed by atoms with Gasteiger partial charge >= 0.3 is 0 Å². The number of anilines is 2. The van der Waals surface area contributed by atoms with Crippen LogP contribution in [-0.4, -0.2) is 30.8 Å². The normalized spacial score (nSPS) is 15.5. The van der Waals surface area contributed by atoms with Crippen LogP contribution in [0.3, 0.4) is 0 Å². The predicted octanol–water partition coefficient (Wildman–Crippen LogP) is 5.43. The summed E-state index contributed by atoms with van der Waals surface area (Å²) in [6.45, 7) is 6.90. The molecule has 1 saturated heterocycles. The Labute approximate surface area is 153 Å². The van der Waals surface area contributed by atoms with E-state index in [2.05, 4.69) is 82.0 Å². The van der Waals surface area contributed by atoms with Crippen molar-refractivity contribution in [3.8, 4) is 5.75 Å². The molecule has 1 fully saturated rings. The summed E-state index contributed by atoms with van der Waals surface area (Å²) in [5, 5.41) is 0. The zero-order valence-corrected chi connectivity index (χ0v) is 16.2. The Morgan fingerprint density at radius 2 is 1.67 bits per heavy atom. The van der Waals surface area contributed by atoms with Gasteiger partial charge in [-0.2, -0.15) is 0 Å². The van der Waals surface area contributed by atoms with Crippen molar-refractivity contribution in [1.29, 1.82) is 0 Å².